The van der Waals surface area contributed by atoms with Crippen molar-refractivity contribution in [3.8, 4) is 0 Å². The van der Waals surface area contributed by atoms with Crippen molar-refractivity contribution in [1.29, 1.82) is 0 Å². The Morgan fingerprint density at radius 1 is 1.33 bits per heavy atom. The third kappa shape index (κ3) is 7.16. The molecular formula is C18H25BrN4O4. The monoisotopic (exact) mass is 440 g/mol. The van der Waals surface area contributed by atoms with Crippen molar-refractivity contribution >= 4 is 33.7 Å². The van der Waals surface area contributed by atoms with Crippen molar-refractivity contribution in [2.45, 2.75) is 51.7 Å². The fraction of sp³-hybridized carbons (Fsp3) is 0.556. The van der Waals surface area contributed by atoms with E-state index in [1.807, 2.05) is 5.01 Å². The maximum absolute atomic E-state index is 11.9. The van der Waals surface area contributed by atoms with Crippen LogP contribution in [0.2, 0.25) is 0 Å². The number of carboxylic acids is 1. The topological polar surface area (TPSA) is 104 Å². The van der Waals surface area contributed by atoms with Crippen molar-refractivity contribution < 1.29 is 19.4 Å². The Kier molecular flexibility index (Phi) is 7.18. The molecule has 0 aliphatic carbocycles. The maximum Gasteiger partial charge on any atom is 0.408 e. The van der Waals surface area contributed by atoms with Crippen LogP contribution >= 0.6 is 15.9 Å². The predicted molar refractivity (Wildman–Crippen MR) is 104 cm³/mol. The van der Waals surface area contributed by atoms with Gasteiger partial charge in [-0.15, -0.1) is 5.11 Å². The number of rotatable bonds is 6. The average Bonchev–Trinajstić information content (AvgIpc) is 3.05. The number of aliphatic carboxylic acids is 1. The zero-order valence-corrected chi connectivity index (χ0v) is 17.3. The summed E-state index contributed by atoms with van der Waals surface area (Å²) in [6.45, 7) is 6.88. The van der Waals surface area contributed by atoms with E-state index in [0.717, 1.165) is 30.4 Å². The normalized spacial score (nSPS) is 15.8. The van der Waals surface area contributed by atoms with Crippen LogP contribution in [0, 0.1) is 0 Å². The van der Waals surface area contributed by atoms with E-state index in [1.54, 1.807) is 39.0 Å². The van der Waals surface area contributed by atoms with Gasteiger partial charge in [-0.25, -0.2) is 9.59 Å². The quantitative estimate of drug-likeness (QED) is 0.648. The molecule has 8 nitrogen and oxygen atoms in total. The van der Waals surface area contributed by atoms with Crippen LogP contribution in [0.3, 0.4) is 0 Å². The minimum Gasteiger partial charge on any atom is -0.480 e. The van der Waals surface area contributed by atoms with Crippen LogP contribution in [0.5, 0.6) is 0 Å². The van der Waals surface area contributed by atoms with Crippen LogP contribution in [0.15, 0.2) is 33.0 Å². The van der Waals surface area contributed by atoms with Gasteiger partial charge in [0.25, 0.3) is 0 Å². The molecule has 9 heteroatoms. The van der Waals surface area contributed by atoms with E-state index >= 15 is 0 Å². The molecule has 1 aromatic carbocycles. The number of hydrogen-bond acceptors (Lipinski definition) is 5. The van der Waals surface area contributed by atoms with Gasteiger partial charge in [-0.05, 0) is 51.3 Å². The minimum absolute atomic E-state index is 0.0657. The number of ether oxygens (including phenoxy) is 1. The number of benzene rings is 1. The van der Waals surface area contributed by atoms with Gasteiger partial charge in [0.2, 0.25) is 0 Å². The molecule has 1 atom stereocenters. The highest BCUT2D eigenvalue weighted by molar-refractivity contribution is 9.10. The summed E-state index contributed by atoms with van der Waals surface area (Å²) in [6.07, 6.45) is 1.47. The van der Waals surface area contributed by atoms with Crippen LogP contribution in [-0.2, 0) is 16.0 Å². The molecule has 27 heavy (non-hydrogen) atoms. The number of amides is 1. The van der Waals surface area contributed by atoms with Gasteiger partial charge in [0.15, 0.2) is 0 Å². The molecule has 1 fully saturated rings. The molecule has 1 aliphatic rings. The lowest BCUT2D eigenvalue weighted by atomic mass is 10.0. The Morgan fingerprint density at radius 2 is 2.00 bits per heavy atom. The van der Waals surface area contributed by atoms with Gasteiger partial charge in [0.1, 0.15) is 11.6 Å². The molecule has 0 radical (unpaired) electrons. The van der Waals surface area contributed by atoms with Gasteiger partial charge in [0.05, 0.1) is 5.69 Å². The summed E-state index contributed by atoms with van der Waals surface area (Å²) in [5.74, 6) is -1.15. The summed E-state index contributed by atoms with van der Waals surface area (Å²) in [7, 11) is 0. The zero-order chi connectivity index (χ0) is 20.0. The molecule has 1 aliphatic heterocycles. The molecule has 0 spiro atoms. The summed E-state index contributed by atoms with van der Waals surface area (Å²) >= 11 is 3.40. The number of nitrogens with zero attached hydrogens (tertiary/aromatic N) is 3. The minimum atomic E-state index is -1.15. The first-order valence-electron chi connectivity index (χ1n) is 8.81. The number of nitrogens with one attached hydrogen (secondary N) is 1. The lowest BCUT2D eigenvalue weighted by molar-refractivity contribution is -0.139. The standard InChI is InChI=1S/C18H25BrN4O4/c1-18(2,3)27-17(26)20-15(16(24)25)10-12-6-7-13(19)11-14(12)21-22-23-8-4-5-9-23/h6-7,11,15H,4-5,8-10H2,1-3H3,(H,20,26)(H,24,25). The molecule has 2 rings (SSSR count). The highest BCUT2D eigenvalue weighted by Gasteiger charge is 2.25. The predicted octanol–water partition coefficient (Wildman–Crippen LogP) is 4.06. The molecule has 1 unspecified atom stereocenters. The first kappa shape index (κ1) is 21.1. The second-order valence-corrected chi connectivity index (χ2v) is 8.28. The van der Waals surface area contributed by atoms with Gasteiger partial charge >= 0.3 is 12.1 Å². The Morgan fingerprint density at radius 3 is 2.59 bits per heavy atom. The van der Waals surface area contributed by atoms with E-state index < -0.39 is 23.7 Å². The van der Waals surface area contributed by atoms with E-state index in [9.17, 15) is 14.7 Å². The lowest BCUT2D eigenvalue weighted by Crippen LogP contribution is -2.44. The summed E-state index contributed by atoms with van der Waals surface area (Å²) in [4.78, 5) is 23.6. The fourth-order valence-electron chi connectivity index (χ4n) is 2.57. The van der Waals surface area contributed by atoms with Gasteiger partial charge in [0, 0.05) is 24.0 Å². The van der Waals surface area contributed by atoms with E-state index in [2.05, 4.69) is 31.6 Å². The second-order valence-electron chi connectivity index (χ2n) is 7.36. The van der Waals surface area contributed by atoms with Crippen molar-refractivity contribution in [2.24, 2.45) is 10.3 Å². The first-order valence-corrected chi connectivity index (χ1v) is 9.61. The Bertz CT molecular complexity index is 712. The summed E-state index contributed by atoms with van der Waals surface area (Å²) in [5, 5.41) is 22.3. The van der Waals surface area contributed by atoms with Crippen molar-refractivity contribution in [2.75, 3.05) is 13.1 Å². The Hall–Kier alpha value is -2.16. The van der Waals surface area contributed by atoms with Gasteiger partial charge in [-0.3, -0.25) is 5.01 Å². The molecule has 0 saturated carbocycles. The SMILES string of the molecule is CC(C)(C)OC(=O)NC(Cc1ccc(Br)cc1N=NN1CCCC1)C(=O)O. The summed E-state index contributed by atoms with van der Waals surface area (Å²) in [5.41, 5.74) is 0.526. The molecular weight excluding hydrogens is 416 g/mol. The van der Waals surface area contributed by atoms with Crippen molar-refractivity contribution in [3.05, 3.63) is 28.2 Å². The maximum atomic E-state index is 11.9. The fourth-order valence-corrected chi connectivity index (χ4v) is 2.92. The largest absolute Gasteiger partial charge is 0.480 e. The van der Waals surface area contributed by atoms with Crippen LogP contribution in [-0.4, -0.2) is 46.9 Å². The molecule has 1 saturated heterocycles. The van der Waals surface area contributed by atoms with Crippen molar-refractivity contribution in [1.82, 2.24) is 10.3 Å². The summed E-state index contributed by atoms with van der Waals surface area (Å²) < 4.78 is 5.96. The smallest absolute Gasteiger partial charge is 0.408 e. The molecule has 1 heterocycles. The molecule has 0 aromatic heterocycles. The zero-order valence-electron chi connectivity index (χ0n) is 15.7. The van der Waals surface area contributed by atoms with Crippen LogP contribution in [0.4, 0.5) is 10.5 Å². The molecule has 1 aromatic rings. The average molecular weight is 441 g/mol. The first-order chi connectivity index (χ1) is 12.6. The van der Waals surface area contributed by atoms with Crippen LogP contribution in [0.1, 0.15) is 39.2 Å². The van der Waals surface area contributed by atoms with E-state index in [0.29, 0.717) is 11.3 Å². The molecule has 2 N–H and O–H groups in total. The summed E-state index contributed by atoms with van der Waals surface area (Å²) in [6, 6.07) is 4.22. The van der Waals surface area contributed by atoms with Gasteiger partial charge in [-0.2, -0.15) is 0 Å². The number of carbonyl (C=O) groups is 2. The second kappa shape index (κ2) is 9.16. The van der Waals surface area contributed by atoms with Crippen LogP contribution < -0.4 is 5.32 Å². The van der Waals surface area contributed by atoms with Gasteiger partial charge < -0.3 is 15.2 Å². The van der Waals surface area contributed by atoms with E-state index in [4.69, 9.17) is 4.74 Å². The molecule has 1 amide bonds. The van der Waals surface area contributed by atoms with E-state index in [1.165, 1.54) is 0 Å². The van der Waals surface area contributed by atoms with Crippen molar-refractivity contribution in [3.63, 3.8) is 0 Å². The molecule has 0 bridgehead atoms. The number of carboxylic acid groups (broad SMARTS) is 1. The third-order valence-electron chi connectivity index (χ3n) is 3.82. The Balaban J connectivity index is 2.14. The number of carbonyl (C=O) groups excluding carboxylic acids is 1. The number of hydrogen-bond donors (Lipinski definition) is 2. The highest BCUT2D eigenvalue weighted by atomic mass is 79.9. The van der Waals surface area contributed by atoms with Gasteiger partial charge in [-0.1, -0.05) is 27.2 Å². The number of alkyl carbamates (subject to hydrolysis) is 1. The molecule has 148 valence electrons. The lowest BCUT2D eigenvalue weighted by Gasteiger charge is -2.22. The third-order valence-corrected chi connectivity index (χ3v) is 4.32. The van der Waals surface area contributed by atoms with Crippen LogP contribution in [0.25, 0.3) is 0 Å². The highest BCUT2D eigenvalue weighted by Crippen LogP contribution is 2.26. The van der Waals surface area contributed by atoms with E-state index in [-0.39, 0.29) is 6.42 Å². The Labute approximate surface area is 167 Å². The number of halogens is 1.